The average Bonchev–Trinajstić information content (AvgIpc) is 3.23. The lowest BCUT2D eigenvalue weighted by Gasteiger charge is -2.00. The number of nitrogens with zero attached hydrogens (tertiary/aromatic N) is 1. The number of anilines is 1. The predicted molar refractivity (Wildman–Crippen MR) is 106 cm³/mol. The molecule has 1 amide bonds. The Hall–Kier alpha value is -2.18. The highest BCUT2D eigenvalue weighted by Crippen LogP contribution is 2.25. The molecule has 1 aromatic carbocycles. The van der Waals surface area contributed by atoms with Crippen LogP contribution < -0.4 is 5.32 Å². The quantitative estimate of drug-likeness (QED) is 0.518. The first kappa shape index (κ1) is 17.6. The number of halogens is 1. The number of rotatable bonds is 6. The van der Waals surface area contributed by atoms with Crippen LogP contribution in [0.25, 0.3) is 17.3 Å². The summed E-state index contributed by atoms with van der Waals surface area (Å²) in [6.45, 7) is 2.17. The van der Waals surface area contributed by atoms with E-state index in [1.54, 1.807) is 18.2 Å². The van der Waals surface area contributed by atoms with Crippen LogP contribution in [0.1, 0.15) is 24.7 Å². The van der Waals surface area contributed by atoms with E-state index < -0.39 is 0 Å². The standard InChI is InChI=1S/C19H17BrN2O2S/c1-2-3-13-4-6-14(7-5-13)16-12-25-19(21-16)22-18(23)11-9-15-8-10-17(20)24-15/h4-12H,2-3H2,1H3,(H,21,22,23). The van der Waals surface area contributed by atoms with Gasteiger partial charge in [-0.25, -0.2) is 4.98 Å². The number of hydrogen-bond acceptors (Lipinski definition) is 4. The van der Waals surface area contributed by atoms with Crippen LogP contribution in [0.5, 0.6) is 0 Å². The van der Waals surface area contributed by atoms with Crippen LogP contribution in [-0.4, -0.2) is 10.9 Å². The van der Waals surface area contributed by atoms with Gasteiger partial charge in [0, 0.05) is 17.0 Å². The lowest BCUT2D eigenvalue weighted by Crippen LogP contribution is -2.07. The van der Waals surface area contributed by atoms with Crippen molar-refractivity contribution in [3.8, 4) is 11.3 Å². The number of thiazole rings is 1. The summed E-state index contributed by atoms with van der Waals surface area (Å²) in [5.74, 6) is 0.362. The summed E-state index contributed by atoms with van der Waals surface area (Å²) in [5.41, 5.74) is 3.24. The maximum atomic E-state index is 12.0. The van der Waals surface area contributed by atoms with Crippen molar-refractivity contribution < 1.29 is 9.21 Å². The molecule has 6 heteroatoms. The Balaban J connectivity index is 1.62. The largest absolute Gasteiger partial charge is 0.450 e. The van der Waals surface area contributed by atoms with E-state index in [0.717, 1.165) is 24.1 Å². The van der Waals surface area contributed by atoms with E-state index in [-0.39, 0.29) is 5.91 Å². The molecule has 3 rings (SSSR count). The number of benzene rings is 1. The summed E-state index contributed by atoms with van der Waals surface area (Å²) >= 11 is 4.63. The van der Waals surface area contributed by atoms with Gasteiger partial charge in [0.05, 0.1) is 5.69 Å². The van der Waals surface area contributed by atoms with E-state index in [9.17, 15) is 4.79 Å². The Labute approximate surface area is 158 Å². The van der Waals surface area contributed by atoms with Crippen molar-refractivity contribution >= 4 is 44.4 Å². The molecule has 0 aliphatic rings. The van der Waals surface area contributed by atoms with Gasteiger partial charge in [0.2, 0.25) is 5.91 Å². The number of carbonyl (C=O) groups is 1. The number of nitrogens with one attached hydrogen (secondary N) is 1. The third-order valence-electron chi connectivity index (χ3n) is 3.52. The summed E-state index contributed by atoms with van der Waals surface area (Å²) < 4.78 is 5.94. The Kier molecular flexibility index (Phi) is 5.83. The van der Waals surface area contributed by atoms with Gasteiger partial charge in [-0.05, 0) is 46.1 Å². The second kappa shape index (κ2) is 8.27. The van der Waals surface area contributed by atoms with Gasteiger partial charge >= 0.3 is 0 Å². The fraction of sp³-hybridized carbons (Fsp3) is 0.158. The highest BCUT2D eigenvalue weighted by Gasteiger charge is 2.07. The third-order valence-corrected chi connectivity index (χ3v) is 4.70. The van der Waals surface area contributed by atoms with Crippen LogP contribution in [0.3, 0.4) is 0 Å². The molecule has 0 atom stereocenters. The zero-order valence-electron chi connectivity index (χ0n) is 13.7. The van der Waals surface area contributed by atoms with Gasteiger partial charge in [0.25, 0.3) is 0 Å². The van der Waals surface area contributed by atoms with Crippen LogP contribution >= 0.6 is 27.3 Å². The zero-order chi connectivity index (χ0) is 17.6. The Bertz CT molecular complexity index is 881. The fourth-order valence-corrected chi connectivity index (χ4v) is 3.36. The number of carbonyl (C=O) groups excluding carboxylic acids is 1. The molecule has 0 aliphatic carbocycles. The van der Waals surface area contributed by atoms with Gasteiger partial charge in [0.15, 0.2) is 9.80 Å². The SMILES string of the molecule is CCCc1ccc(-c2csc(NC(=O)C=Cc3ccc(Br)o3)n2)cc1. The molecule has 0 aliphatic heterocycles. The van der Waals surface area contributed by atoms with E-state index in [0.29, 0.717) is 15.6 Å². The van der Waals surface area contributed by atoms with Gasteiger partial charge in [-0.1, -0.05) is 37.6 Å². The monoisotopic (exact) mass is 416 g/mol. The minimum absolute atomic E-state index is 0.244. The molecule has 128 valence electrons. The number of hydrogen-bond donors (Lipinski definition) is 1. The predicted octanol–water partition coefficient (Wildman–Crippen LogP) is 5.77. The van der Waals surface area contributed by atoms with Crippen molar-refractivity contribution in [2.24, 2.45) is 0 Å². The normalized spacial score (nSPS) is 11.1. The lowest BCUT2D eigenvalue weighted by molar-refractivity contribution is -0.111. The molecular formula is C19H17BrN2O2S. The summed E-state index contributed by atoms with van der Waals surface area (Å²) in [6.07, 6.45) is 5.25. The van der Waals surface area contributed by atoms with E-state index in [1.165, 1.54) is 23.0 Å². The Morgan fingerprint density at radius 2 is 2.08 bits per heavy atom. The molecule has 1 N–H and O–H groups in total. The lowest BCUT2D eigenvalue weighted by atomic mass is 10.1. The number of amides is 1. The minimum atomic E-state index is -0.244. The Morgan fingerprint density at radius 3 is 2.76 bits per heavy atom. The summed E-state index contributed by atoms with van der Waals surface area (Å²) in [7, 11) is 0. The highest BCUT2D eigenvalue weighted by molar-refractivity contribution is 9.10. The smallest absolute Gasteiger partial charge is 0.250 e. The molecule has 4 nitrogen and oxygen atoms in total. The molecule has 0 spiro atoms. The van der Waals surface area contributed by atoms with Crippen molar-refractivity contribution in [2.45, 2.75) is 19.8 Å². The Morgan fingerprint density at radius 1 is 1.28 bits per heavy atom. The van der Waals surface area contributed by atoms with Gasteiger partial charge < -0.3 is 4.42 Å². The second-order valence-corrected chi connectivity index (χ2v) is 7.09. The van der Waals surface area contributed by atoms with E-state index in [2.05, 4.69) is 57.4 Å². The molecular weight excluding hydrogens is 400 g/mol. The van der Waals surface area contributed by atoms with Crippen LogP contribution in [0, 0.1) is 0 Å². The van der Waals surface area contributed by atoms with Gasteiger partial charge in [-0.3, -0.25) is 10.1 Å². The van der Waals surface area contributed by atoms with E-state index in [4.69, 9.17) is 4.42 Å². The molecule has 0 radical (unpaired) electrons. The van der Waals surface area contributed by atoms with Crippen LogP contribution in [0.2, 0.25) is 0 Å². The first-order valence-corrected chi connectivity index (χ1v) is 9.60. The van der Waals surface area contributed by atoms with Crippen molar-refractivity contribution in [3.63, 3.8) is 0 Å². The fourth-order valence-electron chi connectivity index (χ4n) is 2.32. The third kappa shape index (κ3) is 4.90. The molecule has 3 aromatic rings. The molecule has 0 bridgehead atoms. The summed E-state index contributed by atoms with van der Waals surface area (Å²) in [6, 6.07) is 11.9. The van der Waals surface area contributed by atoms with Crippen molar-refractivity contribution in [1.29, 1.82) is 0 Å². The first-order chi connectivity index (χ1) is 12.1. The number of aryl methyl sites for hydroxylation is 1. The van der Waals surface area contributed by atoms with Crippen LogP contribution in [0.15, 0.2) is 56.9 Å². The number of aromatic nitrogens is 1. The molecule has 0 fully saturated rings. The first-order valence-electron chi connectivity index (χ1n) is 7.93. The van der Waals surface area contributed by atoms with Crippen LogP contribution in [0.4, 0.5) is 5.13 Å². The maximum Gasteiger partial charge on any atom is 0.250 e. The van der Waals surface area contributed by atoms with Gasteiger partial charge in [-0.15, -0.1) is 11.3 Å². The van der Waals surface area contributed by atoms with Crippen molar-refractivity contribution in [3.05, 3.63) is 63.8 Å². The maximum absolute atomic E-state index is 12.0. The average molecular weight is 417 g/mol. The highest BCUT2D eigenvalue weighted by atomic mass is 79.9. The van der Waals surface area contributed by atoms with Gasteiger partial charge in [-0.2, -0.15) is 0 Å². The second-order valence-electron chi connectivity index (χ2n) is 5.45. The van der Waals surface area contributed by atoms with Crippen molar-refractivity contribution in [1.82, 2.24) is 4.98 Å². The number of furan rings is 1. The molecule has 0 unspecified atom stereocenters. The molecule has 25 heavy (non-hydrogen) atoms. The zero-order valence-corrected chi connectivity index (χ0v) is 16.1. The summed E-state index contributed by atoms with van der Waals surface area (Å²) in [4.78, 5) is 16.4. The molecule has 2 aromatic heterocycles. The van der Waals surface area contributed by atoms with Crippen molar-refractivity contribution in [2.75, 3.05) is 5.32 Å². The summed E-state index contributed by atoms with van der Waals surface area (Å²) in [5, 5.41) is 5.28. The molecule has 0 saturated carbocycles. The molecule has 0 saturated heterocycles. The van der Waals surface area contributed by atoms with Crippen LogP contribution in [-0.2, 0) is 11.2 Å². The van der Waals surface area contributed by atoms with E-state index in [1.807, 2.05) is 5.38 Å². The molecule has 2 heterocycles. The van der Waals surface area contributed by atoms with E-state index >= 15 is 0 Å². The minimum Gasteiger partial charge on any atom is -0.450 e. The topological polar surface area (TPSA) is 55.1 Å². The van der Waals surface area contributed by atoms with Gasteiger partial charge in [0.1, 0.15) is 5.76 Å².